The van der Waals surface area contributed by atoms with Gasteiger partial charge in [-0.25, -0.2) is 21.9 Å². The summed E-state index contributed by atoms with van der Waals surface area (Å²) >= 11 is 0. The highest BCUT2D eigenvalue weighted by molar-refractivity contribution is 7.89. The lowest BCUT2D eigenvalue weighted by atomic mass is 10.2. The van der Waals surface area contributed by atoms with E-state index in [0.29, 0.717) is 5.56 Å². The van der Waals surface area contributed by atoms with E-state index in [1.165, 1.54) is 75.6 Å². The second-order valence-electron chi connectivity index (χ2n) is 6.27. The number of carbonyl (C=O) groups excluding carboxylic acids is 2. The fraction of sp³-hybridized carbons (Fsp3) is 0.200. The van der Waals surface area contributed by atoms with Crippen LogP contribution in [0.4, 0.5) is 10.1 Å². The number of nitrogens with zero attached hydrogens (tertiary/aromatic N) is 1. The molecule has 7 nitrogen and oxygen atoms in total. The molecule has 2 aromatic rings. The second kappa shape index (κ2) is 9.44. The number of amides is 1. The van der Waals surface area contributed by atoms with Crippen LogP contribution in [0.15, 0.2) is 59.5 Å². The standard InChI is InChI=1S/C20H21FN2O5S/c1-14(28-19(24)12-9-15-7-10-16(21)11-8-15)20(25)22-17-5-4-6-18(13-17)29(26,27)23(2)3/h4-14H,1-3H3,(H,22,25)/b12-9+/t14-/m0/s1. The summed E-state index contributed by atoms with van der Waals surface area (Å²) in [6.45, 7) is 1.39. The van der Waals surface area contributed by atoms with E-state index in [4.69, 9.17) is 4.74 Å². The van der Waals surface area contributed by atoms with Crippen molar-refractivity contribution in [3.8, 4) is 0 Å². The number of nitrogens with one attached hydrogen (secondary N) is 1. The van der Waals surface area contributed by atoms with Gasteiger partial charge in [-0.2, -0.15) is 0 Å². The van der Waals surface area contributed by atoms with Gasteiger partial charge in [0, 0.05) is 25.9 Å². The number of anilines is 1. The quantitative estimate of drug-likeness (QED) is 0.549. The lowest BCUT2D eigenvalue weighted by molar-refractivity contribution is -0.148. The molecule has 0 saturated carbocycles. The van der Waals surface area contributed by atoms with E-state index in [1.54, 1.807) is 0 Å². The molecule has 0 spiro atoms. The third kappa shape index (κ3) is 6.23. The highest BCUT2D eigenvalue weighted by Gasteiger charge is 2.20. The SMILES string of the molecule is C[C@H](OC(=O)/C=C/c1ccc(F)cc1)C(=O)Nc1cccc(S(=O)(=O)N(C)C)c1. The van der Waals surface area contributed by atoms with Gasteiger partial charge in [-0.15, -0.1) is 0 Å². The fourth-order valence-electron chi connectivity index (χ4n) is 2.19. The Bertz CT molecular complexity index is 1020. The lowest BCUT2D eigenvalue weighted by Crippen LogP contribution is -2.29. The van der Waals surface area contributed by atoms with E-state index >= 15 is 0 Å². The highest BCUT2D eigenvalue weighted by atomic mass is 32.2. The van der Waals surface area contributed by atoms with Crippen molar-refractivity contribution in [1.82, 2.24) is 4.31 Å². The largest absolute Gasteiger partial charge is 0.449 e. The van der Waals surface area contributed by atoms with E-state index in [1.807, 2.05) is 0 Å². The minimum atomic E-state index is -3.65. The van der Waals surface area contributed by atoms with Gasteiger partial charge in [-0.1, -0.05) is 18.2 Å². The Morgan fingerprint density at radius 2 is 1.79 bits per heavy atom. The van der Waals surface area contributed by atoms with Crippen LogP contribution in [0.2, 0.25) is 0 Å². The Morgan fingerprint density at radius 1 is 1.14 bits per heavy atom. The van der Waals surface area contributed by atoms with Crippen molar-refractivity contribution < 1.29 is 27.1 Å². The molecule has 2 rings (SSSR count). The second-order valence-corrected chi connectivity index (χ2v) is 8.42. The van der Waals surface area contributed by atoms with Crippen LogP contribution in [0, 0.1) is 5.82 Å². The molecule has 0 aromatic heterocycles. The molecule has 0 unspecified atom stereocenters. The normalized spacial score (nSPS) is 12.7. The average Bonchev–Trinajstić information content (AvgIpc) is 2.67. The van der Waals surface area contributed by atoms with Gasteiger partial charge < -0.3 is 10.1 Å². The van der Waals surface area contributed by atoms with Gasteiger partial charge in [0.25, 0.3) is 5.91 Å². The van der Waals surface area contributed by atoms with Gasteiger partial charge in [0.2, 0.25) is 10.0 Å². The minimum absolute atomic E-state index is 0.0205. The molecule has 0 heterocycles. The number of sulfonamides is 1. The van der Waals surface area contributed by atoms with Crippen molar-refractivity contribution in [1.29, 1.82) is 0 Å². The van der Waals surface area contributed by atoms with Crippen LogP contribution >= 0.6 is 0 Å². The van der Waals surface area contributed by atoms with Gasteiger partial charge in [0.1, 0.15) is 5.82 Å². The molecule has 0 radical (unpaired) electrons. The van der Waals surface area contributed by atoms with Crippen molar-refractivity contribution in [2.24, 2.45) is 0 Å². The predicted octanol–water partition coefficient (Wildman–Crippen LogP) is 2.66. The Hall–Kier alpha value is -3.04. The van der Waals surface area contributed by atoms with E-state index in [0.717, 1.165) is 10.4 Å². The molecule has 1 atom stereocenters. The molecule has 0 bridgehead atoms. The minimum Gasteiger partial charge on any atom is -0.449 e. The van der Waals surface area contributed by atoms with Crippen molar-refractivity contribution in [2.45, 2.75) is 17.9 Å². The number of rotatable bonds is 7. The maximum absolute atomic E-state index is 12.9. The van der Waals surface area contributed by atoms with Crippen LogP contribution in [-0.2, 0) is 24.3 Å². The van der Waals surface area contributed by atoms with Crippen LogP contribution in [-0.4, -0.2) is 44.8 Å². The van der Waals surface area contributed by atoms with Gasteiger partial charge in [-0.05, 0) is 48.9 Å². The van der Waals surface area contributed by atoms with E-state index in [2.05, 4.69) is 5.32 Å². The smallest absolute Gasteiger partial charge is 0.331 e. The zero-order valence-corrected chi connectivity index (χ0v) is 16.9. The van der Waals surface area contributed by atoms with Crippen LogP contribution in [0.1, 0.15) is 12.5 Å². The van der Waals surface area contributed by atoms with Gasteiger partial charge >= 0.3 is 5.97 Å². The van der Waals surface area contributed by atoms with Gasteiger partial charge in [0.15, 0.2) is 6.10 Å². The molecule has 0 aliphatic heterocycles. The molecule has 154 valence electrons. The molecule has 1 amide bonds. The van der Waals surface area contributed by atoms with Crippen molar-refractivity contribution >= 4 is 33.7 Å². The summed E-state index contributed by atoms with van der Waals surface area (Å²) in [6.07, 6.45) is 1.44. The first-order valence-corrected chi connectivity index (χ1v) is 10.0. The van der Waals surface area contributed by atoms with Crippen LogP contribution in [0.3, 0.4) is 0 Å². The highest BCUT2D eigenvalue weighted by Crippen LogP contribution is 2.18. The zero-order chi connectivity index (χ0) is 21.6. The first-order valence-electron chi connectivity index (χ1n) is 8.57. The number of hydrogen-bond acceptors (Lipinski definition) is 5. The third-order valence-electron chi connectivity index (χ3n) is 3.82. The molecule has 0 fully saturated rings. The third-order valence-corrected chi connectivity index (χ3v) is 5.64. The van der Waals surface area contributed by atoms with Crippen LogP contribution in [0.25, 0.3) is 6.08 Å². The summed E-state index contributed by atoms with van der Waals surface area (Å²) < 4.78 is 43.3. The number of ether oxygens (including phenoxy) is 1. The van der Waals surface area contributed by atoms with Crippen LogP contribution < -0.4 is 5.32 Å². The predicted molar refractivity (Wildman–Crippen MR) is 107 cm³/mol. The molecule has 0 saturated heterocycles. The maximum atomic E-state index is 12.9. The monoisotopic (exact) mass is 420 g/mol. The fourth-order valence-corrected chi connectivity index (χ4v) is 3.14. The Kier molecular flexibility index (Phi) is 7.24. The number of benzene rings is 2. The number of esters is 1. The van der Waals surface area contributed by atoms with Crippen molar-refractivity contribution in [2.75, 3.05) is 19.4 Å². The first-order chi connectivity index (χ1) is 13.6. The molecule has 0 aliphatic rings. The summed E-state index contributed by atoms with van der Waals surface area (Å²) in [7, 11) is -0.838. The Labute approximate surface area is 168 Å². The van der Waals surface area contributed by atoms with E-state index in [-0.39, 0.29) is 10.6 Å². The van der Waals surface area contributed by atoms with Crippen molar-refractivity contribution in [3.63, 3.8) is 0 Å². The molecule has 0 aliphatic carbocycles. The maximum Gasteiger partial charge on any atom is 0.331 e. The summed E-state index contributed by atoms with van der Waals surface area (Å²) in [5, 5.41) is 2.51. The van der Waals surface area contributed by atoms with Gasteiger partial charge in [-0.3, -0.25) is 4.79 Å². The topological polar surface area (TPSA) is 92.8 Å². The molecule has 29 heavy (non-hydrogen) atoms. The van der Waals surface area contributed by atoms with Crippen LogP contribution in [0.5, 0.6) is 0 Å². The Morgan fingerprint density at radius 3 is 2.41 bits per heavy atom. The first kappa shape index (κ1) is 22.3. The Balaban J connectivity index is 1.98. The summed E-state index contributed by atoms with van der Waals surface area (Å²) in [5.41, 5.74) is 0.849. The summed E-state index contributed by atoms with van der Waals surface area (Å²) in [5.74, 6) is -1.76. The zero-order valence-electron chi connectivity index (χ0n) is 16.1. The lowest BCUT2D eigenvalue weighted by Gasteiger charge is -2.14. The molecule has 1 N–H and O–H groups in total. The summed E-state index contributed by atoms with van der Waals surface area (Å²) in [4.78, 5) is 24.1. The molecular weight excluding hydrogens is 399 g/mol. The number of carbonyl (C=O) groups is 2. The number of halogens is 1. The molecule has 9 heteroatoms. The molecular formula is C20H21FN2O5S. The number of hydrogen-bond donors (Lipinski definition) is 1. The van der Waals surface area contributed by atoms with E-state index in [9.17, 15) is 22.4 Å². The van der Waals surface area contributed by atoms with E-state index < -0.39 is 33.8 Å². The van der Waals surface area contributed by atoms with Gasteiger partial charge in [0.05, 0.1) is 4.90 Å². The average molecular weight is 420 g/mol. The molecule has 2 aromatic carbocycles. The van der Waals surface area contributed by atoms with Crippen molar-refractivity contribution in [3.05, 3.63) is 66.0 Å². The summed E-state index contributed by atoms with van der Waals surface area (Å²) in [6, 6.07) is 11.2.